The number of benzene rings is 2. The molecule has 0 aliphatic rings. The molecule has 0 aliphatic carbocycles. The molecule has 0 unspecified atom stereocenters. The van der Waals surface area contributed by atoms with Gasteiger partial charge in [0.15, 0.2) is 0 Å². The van der Waals surface area contributed by atoms with Crippen LogP contribution in [0.5, 0.6) is 0 Å². The Kier molecular flexibility index (Phi) is 5.87. The third-order valence-electron chi connectivity index (χ3n) is 4.05. The lowest BCUT2D eigenvalue weighted by Gasteiger charge is -2.10. The Bertz CT molecular complexity index is 894. The van der Waals surface area contributed by atoms with E-state index in [9.17, 15) is 4.79 Å². The Morgan fingerprint density at radius 3 is 2.54 bits per heavy atom. The second kappa shape index (κ2) is 8.50. The molecule has 0 radical (unpaired) electrons. The summed E-state index contributed by atoms with van der Waals surface area (Å²) < 4.78 is 0. The Morgan fingerprint density at radius 2 is 1.81 bits per heavy atom. The van der Waals surface area contributed by atoms with Gasteiger partial charge in [0.05, 0.1) is 0 Å². The predicted octanol–water partition coefficient (Wildman–Crippen LogP) is 5.16. The number of carbonyl (C=O) groups is 1. The van der Waals surface area contributed by atoms with E-state index in [-0.39, 0.29) is 5.91 Å². The first kappa shape index (κ1) is 18.0. The molecule has 0 atom stereocenters. The van der Waals surface area contributed by atoms with Gasteiger partial charge < -0.3 is 10.6 Å². The van der Waals surface area contributed by atoms with Crippen LogP contribution in [-0.4, -0.2) is 10.9 Å². The predicted molar refractivity (Wildman–Crippen MR) is 107 cm³/mol. The number of nitrogens with one attached hydrogen (secondary N) is 2. The number of anilines is 2. The maximum absolute atomic E-state index is 12.4. The maximum Gasteiger partial charge on any atom is 0.274 e. The lowest BCUT2D eigenvalue weighted by molar-refractivity contribution is 0.102. The van der Waals surface area contributed by atoms with Crippen LogP contribution in [0, 0.1) is 0 Å². The average molecular weight is 366 g/mol. The second-order valence-electron chi connectivity index (χ2n) is 5.88. The van der Waals surface area contributed by atoms with Crippen molar-refractivity contribution in [2.45, 2.75) is 19.9 Å². The number of nitrogens with zero attached hydrogens (tertiary/aromatic N) is 1. The van der Waals surface area contributed by atoms with Crippen LogP contribution in [-0.2, 0) is 13.0 Å². The van der Waals surface area contributed by atoms with Crippen molar-refractivity contribution in [3.8, 4) is 0 Å². The van der Waals surface area contributed by atoms with E-state index in [1.54, 1.807) is 12.3 Å². The van der Waals surface area contributed by atoms with Crippen LogP contribution in [0.2, 0.25) is 5.02 Å². The number of halogens is 1. The molecule has 1 heterocycles. The first-order chi connectivity index (χ1) is 12.7. The van der Waals surface area contributed by atoms with Crippen molar-refractivity contribution < 1.29 is 4.79 Å². The normalized spacial score (nSPS) is 10.4. The van der Waals surface area contributed by atoms with Gasteiger partial charge in [0, 0.05) is 29.1 Å². The van der Waals surface area contributed by atoms with E-state index in [4.69, 9.17) is 11.6 Å². The van der Waals surface area contributed by atoms with Crippen LogP contribution in [0.15, 0.2) is 66.9 Å². The van der Waals surface area contributed by atoms with E-state index >= 15 is 0 Å². The van der Waals surface area contributed by atoms with Crippen molar-refractivity contribution in [1.82, 2.24) is 4.98 Å². The number of hydrogen-bond acceptors (Lipinski definition) is 3. The summed E-state index contributed by atoms with van der Waals surface area (Å²) in [6, 6.07) is 19.0. The number of aromatic nitrogens is 1. The van der Waals surface area contributed by atoms with Crippen molar-refractivity contribution in [2.75, 3.05) is 10.6 Å². The van der Waals surface area contributed by atoms with Crippen LogP contribution in [0.25, 0.3) is 0 Å². The number of amides is 1. The van der Waals surface area contributed by atoms with Gasteiger partial charge in [-0.1, -0.05) is 48.9 Å². The van der Waals surface area contributed by atoms with Crippen LogP contribution >= 0.6 is 11.6 Å². The molecule has 26 heavy (non-hydrogen) atoms. The summed E-state index contributed by atoms with van der Waals surface area (Å²) >= 11 is 6.17. The van der Waals surface area contributed by atoms with Crippen LogP contribution < -0.4 is 10.6 Å². The van der Waals surface area contributed by atoms with Crippen LogP contribution in [0.1, 0.15) is 28.5 Å². The highest BCUT2D eigenvalue weighted by Gasteiger charge is 2.09. The number of aryl methyl sites for hydroxylation is 1. The molecule has 0 saturated carbocycles. The second-order valence-corrected chi connectivity index (χ2v) is 6.29. The van der Waals surface area contributed by atoms with Crippen molar-refractivity contribution >= 4 is 28.9 Å². The van der Waals surface area contributed by atoms with Gasteiger partial charge in [-0.3, -0.25) is 9.78 Å². The molecule has 0 saturated heterocycles. The van der Waals surface area contributed by atoms with Crippen LogP contribution in [0.3, 0.4) is 0 Å². The largest absolute Gasteiger partial charge is 0.381 e. The van der Waals surface area contributed by atoms with E-state index in [1.165, 1.54) is 5.56 Å². The number of hydrogen-bond donors (Lipinski definition) is 2. The molecule has 1 aromatic heterocycles. The summed E-state index contributed by atoms with van der Waals surface area (Å²) in [6.45, 7) is 2.67. The number of rotatable bonds is 6. The molecule has 0 aliphatic heterocycles. The molecule has 132 valence electrons. The topological polar surface area (TPSA) is 54.0 Å². The van der Waals surface area contributed by atoms with Gasteiger partial charge in [-0.15, -0.1) is 0 Å². The van der Waals surface area contributed by atoms with Crippen molar-refractivity contribution in [2.24, 2.45) is 0 Å². The van der Waals surface area contributed by atoms with Gasteiger partial charge >= 0.3 is 0 Å². The zero-order chi connectivity index (χ0) is 18.4. The van der Waals surface area contributed by atoms with Crippen LogP contribution in [0.4, 0.5) is 11.4 Å². The average Bonchev–Trinajstić information content (AvgIpc) is 2.68. The van der Waals surface area contributed by atoms with Gasteiger partial charge in [-0.25, -0.2) is 0 Å². The van der Waals surface area contributed by atoms with Gasteiger partial charge in [-0.05, 0) is 47.9 Å². The van der Waals surface area contributed by atoms with E-state index in [2.05, 4.69) is 22.5 Å². The molecular weight excluding hydrogens is 346 g/mol. The minimum absolute atomic E-state index is 0.240. The lowest BCUT2D eigenvalue weighted by atomic mass is 10.1. The molecule has 0 bridgehead atoms. The smallest absolute Gasteiger partial charge is 0.274 e. The quantitative estimate of drug-likeness (QED) is 0.634. The zero-order valence-corrected chi connectivity index (χ0v) is 15.3. The first-order valence-corrected chi connectivity index (χ1v) is 8.87. The molecular formula is C21H20ClN3O. The van der Waals surface area contributed by atoms with Crippen molar-refractivity contribution in [3.05, 3.63) is 88.7 Å². The summed E-state index contributed by atoms with van der Waals surface area (Å²) in [5.74, 6) is -0.240. The Morgan fingerprint density at radius 1 is 1.04 bits per heavy atom. The lowest BCUT2D eigenvalue weighted by Crippen LogP contribution is -2.14. The highest BCUT2D eigenvalue weighted by atomic mass is 35.5. The molecule has 2 N–H and O–H groups in total. The Balaban J connectivity index is 1.66. The van der Waals surface area contributed by atoms with Gasteiger partial charge in [-0.2, -0.15) is 0 Å². The minimum atomic E-state index is -0.240. The monoisotopic (exact) mass is 365 g/mol. The summed E-state index contributed by atoms with van der Waals surface area (Å²) in [5, 5.41) is 6.85. The van der Waals surface area contributed by atoms with Gasteiger partial charge in [0.2, 0.25) is 0 Å². The fourth-order valence-corrected chi connectivity index (χ4v) is 2.73. The fourth-order valence-electron chi connectivity index (χ4n) is 2.52. The Labute approximate surface area is 158 Å². The molecule has 3 rings (SSSR count). The summed E-state index contributed by atoms with van der Waals surface area (Å²) in [7, 11) is 0. The van der Waals surface area contributed by atoms with Crippen molar-refractivity contribution in [3.63, 3.8) is 0 Å². The zero-order valence-electron chi connectivity index (χ0n) is 14.5. The van der Waals surface area contributed by atoms with E-state index < -0.39 is 0 Å². The molecule has 0 spiro atoms. The summed E-state index contributed by atoms with van der Waals surface area (Å²) in [5.41, 5.74) is 4.14. The number of carbonyl (C=O) groups excluding carboxylic acids is 1. The molecule has 1 amide bonds. The highest BCUT2D eigenvalue weighted by molar-refractivity contribution is 6.31. The molecule has 2 aromatic carbocycles. The number of pyridine rings is 1. The molecule has 5 heteroatoms. The SMILES string of the molecule is CCc1ccc(NC(=O)c2cc(NCc3ccccc3Cl)ccn2)cc1. The fraction of sp³-hybridized carbons (Fsp3) is 0.143. The van der Waals surface area contributed by atoms with E-state index in [0.29, 0.717) is 17.3 Å². The van der Waals surface area contributed by atoms with Gasteiger partial charge in [0.1, 0.15) is 5.69 Å². The first-order valence-electron chi connectivity index (χ1n) is 8.49. The molecule has 4 nitrogen and oxygen atoms in total. The third kappa shape index (κ3) is 4.61. The minimum Gasteiger partial charge on any atom is -0.381 e. The van der Waals surface area contributed by atoms with E-state index in [1.807, 2.05) is 54.6 Å². The Hall–Kier alpha value is -2.85. The molecule has 3 aromatic rings. The summed E-state index contributed by atoms with van der Waals surface area (Å²) in [4.78, 5) is 16.6. The summed E-state index contributed by atoms with van der Waals surface area (Å²) in [6.07, 6.45) is 2.58. The van der Waals surface area contributed by atoms with Gasteiger partial charge in [0.25, 0.3) is 5.91 Å². The van der Waals surface area contributed by atoms with E-state index in [0.717, 1.165) is 23.4 Å². The maximum atomic E-state index is 12.4. The third-order valence-corrected chi connectivity index (χ3v) is 4.42. The standard InChI is InChI=1S/C21H20ClN3O/c1-2-15-7-9-17(10-8-15)25-21(26)20-13-18(11-12-23-20)24-14-16-5-3-4-6-19(16)22/h3-13H,2,14H2,1H3,(H,23,24)(H,25,26). The highest BCUT2D eigenvalue weighted by Crippen LogP contribution is 2.18. The van der Waals surface area contributed by atoms with Crippen molar-refractivity contribution in [1.29, 1.82) is 0 Å². The molecule has 0 fully saturated rings.